The van der Waals surface area contributed by atoms with Gasteiger partial charge in [0.1, 0.15) is 5.82 Å². The second-order valence-corrected chi connectivity index (χ2v) is 4.28. The summed E-state index contributed by atoms with van der Waals surface area (Å²) in [6, 6.07) is 5.90. The summed E-state index contributed by atoms with van der Waals surface area (Å²) >= 11 is 0. The topological polar surface area (TPSA) is 55.1 Å². The Labute approximate surface area is 101 Å². The van der Waals surface area contributed by atoms with Crippen LogP contribution in [0, 0.1) is 11.7 Å². The Bertz CT molecular complexity index is 368. The highest BCUT2D eigenvalue weighted by atomic mass is 19.1. The van der Waals surface area contributed by atoms with Crippen molar-refractivity contribution in [3.63, 3.8) is 0 Å². The van der Waals surface area contributed by atoms with Gasteiger partial charge in [-0.2, -0.15) is 0 Å². The minimum Gasteiger partial charge on any atom is -0.330 e. The van der Waals surface area contributed by atoms with Gasteiger partial charge in [-0.05, 0) is 43.5 Å². The van der Waals surface area contributed by atoms with Crippen LogP contribution in [0.5, 0.6) is 0 Å². The van der Waals surface area contributed by atoms with Crippen molar-refractivity contribution in [2.75, 3.05) is 11.9 Å². The maximum atomic E-state index is 12.9. The third-order valence-corrected chi connectivity index (χ3v) is 2.63. The molecule has 1 aromatic rings. The Morgan fingerprint density at radius 2 is 2.24 bits per heavy atom. The van der Waals surface area contributed by atoms with E-state index >= 15 is 0 Å². The van der Waals surface area contributed by atoms with Crippen LogP contribution < -0.4 is 11.1 Å². The highest BCUT2D eigenvalue weighted by Gasteiger charge is 2.06. The molecule has 0 spiro atoms. The van der Waals surface area contributed by atoms with Crippen molar-refractivity contribution < 1.29 is 9.18 Å². The van der Waals surface area contributed by atoms with Gasteiger partial charge in [0.25, 0.3) is 0 Å². The Hall–Kier alpha value is -1.42. The number of benzene rings is 1. The first kappa shape index (κ1) is 13.6. The molecule has 0 aliphatic carbocycles. The smallest absolute Gasteiger partial charge is 0.224 e. The summed E-state index contributed by atoms with van der Waals surface area (Å²) in [6.07, 6.45) is 2.17. The Balaban J connectivity index is 2.34. The van der Waals surface area contributed by atoms with Crippen LogP contribution in [0.25, 0.3) is 0 Å². The zero-order valence-corrected chi connectivity index (χ0v) is 10.1. The van der Waals surface area contributed by atoms with E-state index in [0.29, 0.717) is 24.6 Å². The third-order valence-electron chi connectivity index (χ3n) is 2.63. The minimum absolute atomic E-state index is 0.0838. The summed E-state index contributed by atoms with van der Waals surface area (Å²) in [6.45, 7) is 2.72. The minimum atomic E-state index is -0.348. The molecule has 1 aromatic carbocycles. The van der Waals surface area contributed by atoms with E-state index < -0.39 is 0 Å². The summed E-state index contributed by atoms with van der Waals surface area (Å²) in [7, 11) is 0. The predicted molar refractivity (Wildman–Crippen MR) is 67.1 cm³/mol. The van der Waals surface area contributed by atoms with E-state index in [1.807, 2.05) is 0 Å². The van der Waals surface area contributed by atoms with Crippen molar-refractivity contribution in [3.05, 3.63) is 30.1 Å². The van der Waals surface area contributed by atoms with Gasteiger partial charge in [-0.25, -0.2) is 4.39 Å². The number of anilines is 1. The first-order valence-electron chi connectivity index (χ1n) is 5.87. The zero-order valence-electron chi connectivity index (χ0n) is 10.1. The number of carbonyl (C=O) groups excluding carboxylic acids is 1. The molecule has 17 heavy (non-hydrogen) atoms. The van der Waals surface area contributed by atoms with Crippen LogP contribution in [0.3, 0.4) is 0 Å². The molecule has 3 N–H and O–H groups in total. The lowest BCUT2D eigenvalue weighted by molar-refractivity contribution is -0.116. The van der Waals surface area contributed by atoms with Gasteiger partial charge in [-0.1, -0.05) is 13.0 Å². The fraction of sp³-hybridized carbons (Fsp3) is 0.462. The zero-order chi connectivity index (χ0) is 12.7. The van der Waals surface area contributed by atoms with Gasteiger partial charge < -0.3 is 11.1 Å². The van der Waals surface area contributed by atoms with Crippen molar-refractivity contribution in [1.29, 1.82) is 0 Å². The van der Waals surface area contributed by atoms with Gasteiger partial charge in [0, 0.05) is 12.1 Å². The molecule has 0 aromatic heterocycles. The number of halogens is 1. The molecular weight excluding hydrogens is 219 g/mol. The molecular formula is C13H19FN2O. The van der Waals surface area contributed by atoms with Gasteiger partial charge in [0.05, 0.1) is 0 Å². The number of rotatable bonds is 6. The van der Waals surface area contributed by atoms with Crippen molar-refractivity contribution in [2.24, 2.45) is 11.7 Å². The summed E-state index contributed by atoms with van der Waals surface area (Å²) in [4.78, 5) is 11.6. The lowest BCUT2D eigenvalue weighted by Crippen LogP contribution is -2.14. The summed E-state index contributed by atoms with van der Waals surface area (Å²) < 4.78 is 12.9. The number of carbonyl (C=O) groups is 1. The maximum absolute atomic E-state index is 12.9. The van der Waals surface area contributed by atoms with E-state index in [1.54, 1.807) is 12.1 Å². The van der Waals surface area contributed by atoms with Crippen LogP contribution in [-0.2, 0) is 4.79 Å². The number of nitrogens with two attached hydrogens (primary N) is 1. The van der Waals surface area contributed by atoms with Crippen LogP contribution in [0.15, 0.2) is 24.3 Å². The third kappa shape index (κ3) is 5.45. The monoisotopic (exact) mass is 238 g/mol. The van der Waals surface area contributed by atoms with E-state index in [1.165, 1.54) is 12.1 Å². The lowest BCUT2D eigenvalue weighted by atomic mass is 10.0. The molecule has 0 saturated heterocycles. The van der Waals surface area contributed by atoms with Gasteiger partial charge >= 0.3 is 0 Å². The molecule has 1 atom stereocenters. The second kappa shape index (κ2) is 7.01. The van der Waals surface area contributed by atoms with Crippen molar-refractivity contribution in [3.8, 4) is 0 Å². The lowest BCUT2D eigenvalue weighted by Gasteiger charge is -2.09. The van der Waals surface area contributed by atoms with Crippen molar-refractivity contribution in [1.82, 2.24) is 0 Å². The van der Waals surface area contributed by atoms with Gasteiger partial charge in [0.2, 0.25) is 5.91 Å². The van der Waals surface area contributed by atoms with Crippen LogP contribution in [0.2, 0.25) is 0 Å². The SMILES string of the molecule is CC(CCN)CCC(=O)Nc1cccc(F)c1. The van der Waals surface area contributed by atoms with Gasteiger partial charge in [-0.15, -0.1) is 0 Å². The molecule has 1 rings (SSSR count). The molecule has 3 nitrogen and oxygen atoms in total. The van der Waals surface area contributed by atoms with E-state index in [0.717, 1.165) is 12.8 Å². The summed E-state index contributed by atoms with van der Waals surface area (Å²) in [5, 5.41) is 2.67. The van der Waals surface area contributed by atoms with E-state index in [4.69, 9.17) is 5.73 Å². The standard InChI is InChI=1S/C13H19FN2O/c1-10(7-8-15)5-6-13(17)16-12-4-2-3-11(14)9-12/h2-4,9-10H,5-8,15H2,1H3,(H,16,17). The average molecular weight is 238 g/mol. The Morgan fingerprint density at radius 1 is 1.47 bits per heavy atom. The van der Waals surface area contributed by atoms with E-state index in [-0.39, 0.29) is 11.7 Å². The number of amides is 1. The summed E-state index contributed by atoms with van der Waals surface area (Å²) in [5.41, 5.74) is 5.94. The number of hydrogen-bond acceptors (Lipinski definition) is 2. The summed E-state index contributed by atoms with van der Waals surface area (Å²) in [5.74, 6) is 0.0111. The van der Waals surface area contributed by atoms with Crippen LogP contribution in [-0.4, -0.2) is 12.5 Å². The van der Waals surface area contributed by atoms with E-state index in [9.17, 15) is 9.18 Å². The number of hydrogen-bond donors (Lipinski definition) is 2. The molecule has 0 aliphatic heterocycles. The number of nitrogens with one attached hydrogen (secondary N) is 1. The molecule has 0 aliphatic rings. The predicted octanol–water partition coefficient (Wildman–Crippen LogP) is 2.53. The van der Waals surface area contributed by atoms with Crippen molar-refractivity contribution in [2.45, 2.75) is 26.2 Å². The Kier molecular flexibility index (Phi) is 5.63. The molecule has 0 fully saturated rings. The molecule has 1 amide bonds. The first-order valence-corrected chi connectivity index (χ1v) is 5.87. The van der Waals surface area contributed by atoms with Crippen molar-refractivity contribution >= 4 is 11.6 Å². The quantitative estimate of drug-likeness (QED) is 0.800. The molecule has 0 saturated carbocycles. The fourth-order valence-corrected chi connectivity index (χ4v) is 1.60. The maximum Gasteiger partial charge on any atom is 0.224 e. The second-order valence-electron chi connectivity index (χ2n) is 4.28. The molecule has 0 heterocycles. The van der Waals surface area contributed by atoms with E-state index in [2.05, 4.69) is 12.2 Å². The van der Waals surface area contributed by atoms with Crippen LogP contribution in [0.1, 0.15) is 26.2 Å². The average Bonchev–Trinajstić information content (AvgIpc) is 2.27. The normalized spacial score (nSPS) is 12.2. The molecule has 0 bridgehead atoms. The highest BCUT2D eigenvalue weighted by Crippen LogP contribution is 2.12. The fourth-order valence-electron chi connectivity index (χ4n) is 1.60. The van der Waals surface area contributed by atoms with Crippen LogP contribution in [0.4, 0.5) is 10.1 Å². The van der Waals surface area contributed by atoms with Gasteiger partial charge in [0.15, 0.2) is 0 Å². The largest absolute Gasteiger partial charge is 0.330 e. The Morgan fingerprint density at radius 3 is 2.88 bits per heavy atom. The molecule has 4 heteroatoms. The first-order chi connectivity index (χ1) is 8.11. The van der Waals surface area contributed by atoms with Gasteiger partial charge in [-0.3, -0.25) is 4.79 Å². The highest BCUT2D eigenvalue weighted by molar-refractivity contribution is 5.90. The molecule has 94 valence electrons. The molecule has 1 unspecified atom stereocenters. The van der Waals surface area contributed by atoms with Crippen LogP contribution >= 0.6 is 0 Å². The molecule has 0 radical (unpaired) electrons.